The molecule has 0 aliphatic carbocycles. The van der Waals surface area contributed by atoms with Crippen LogP contribution in [0.4, 0.5) is 0 Å². The van der Waals surface area contributed by atoms with Crippen LogP contribution < -0.4 is 5.46 Å². The first-order valence-corrected chi connectivity index (χ1v) is 4.38. The Morgan fingerprint density at radius 1 is 0.786 bits per heavy atom. The second kappa shape index (κ2) is 3.10. The zero-order valence-corrected chi connectivity index (χ0v) is 7.46. The fraction of sp³-hybridized carbons (Fsp3) is 0. The van der Waals surface area contributed by atoms with Crippen molar-refractivity contribution < 1.29 is 15.1 Å². The summed E-state index contributed by atoms with van der Waals surface area (Å²) in [6.45, 7) is -3.39. The Balaban J connectivity index is 2.63. The van der Waals surface area contributed by atoms with Gasteiger partial charge in [0.2, 0.25) is 0 Å². The number of hydrogen-bond acceptors (Lipinski definition) is 3. The van der Waals surface area contributed by atoms with Gasteiger partial charge in [0.15, 0.2) is 0 Å². The summed E-state index contributed by atoms with van der Waals surface area (Å²) >= 11 is 0. The van der Waals surface area contributed by atoms with Crippen LogP contribution in [0, 0.1) is 0 Å². The summed E-state index contributed by atoms with van der Waals surface area (Å²) in [6, 6.07) is 12.3. The van der Waals surface area contributed by atoms with Gasteiger partial charge in [-0.25, -0.2) is 0 Å². The molecular formula is C10H10BO3-. The van der Waals surface area contributed by atoms with Gasteiger partial charge in [0.1, 0.15) is 0 Å². The molecule has 72 valence electrons. The van der Waals surface area contributed by atoms with Crippen molar-refractivity contribution >= 4 is 23.0 Å². The average molecular weight is 189 g/mol. The molecule has 0 atom stereocenters. The van der Waals surface area contributed by atoms with E-state index in [1.165, 1.54) is 6.07 Å². The second-order valence-electron chi connectivity index (χ2n) is 3.34. The van der Waals surface area contributed by atoms with Gasteiger partial charge < -0.3 is 15.1 Å². The van der Waals surface area contributed by atoms with Gasteiger partial charge in [-0.2, -0.15) is 0 Å². The lowest BCUT2D eigenvalue weighted by atomic mass is 9.70. The smallest absolute Gasteiger partial charge is 0.402 e. The quantitative estimate of drug-likeness (QED) is 0.551. The fourth-order valence-corrected chi connectivity index (χ4v) is 1.45. The Kier molecular flexibility index (Phi) is 2.04. The van der Waals surface area contributed by atoms with Gasteiger partial charge in [-0.15, -0.1) is 5.46 Å². The summed E-state index contributed by atoms with van der Waals surface area (Å²) in [4.78, 5) is 0. The summed E-state index contributed by atoms with van der Waals surface area (Å²) in [5.74, 6) is 0. The van der Waals surface area contributed by atoms with Crippen LogP contribution in [-0.4, -0.2) is 21.8 Å². The molecule has 0 heterocycles. The Hall–Kier alpha value is -1.36. The summed E-state index contributed by atoms with van der Waals surface area (Å²) < 4.78 is 0. The number of benzene rings is 2. The second-order valence-corrected chi connectivity index (χ2v) is 3.34. The molecule has 3 N–H and O–H groups in total. The van der Waals surface area contributed by atoms with E-state index in [9.17, 15) is 0 Å². The van der Waals surface area contributed by atoms with Crippen molar-refractivity contribution in [1.29, 1.82) is 0 Å². The highest BCUT2D eigenvalue weighted by molar-refractivity contribution is 6.71. The summed E-state index contributed by atoms with van der Waals surface area (Å²) in [5, 5.41) is 28.9. The number of hydrogen-bond donors (Lipinski definition) is 3. The molecular weight excluding hydrogens is 179 g/mol. The van der Waals surface area contributed by atoms with E-state index in [1.54, 1.807) is 12.1 Å². The lowest BCUT2D eigenvalue weighted by molar-refractivity contribution is 0.250. The zero-order chi connectivity index (χ0) is 10.2. The normalized spacial score (nSPS) is 11.9. The van der Waals surface area contributed by atoms with E-state index in [0.29, 0.717) is 0 Å². The first kappa shape index (κ1) is 9.21. The van der Waals surface area contributed by atoms with Crippen LogP contribution in [-0.2, 0) is 0 Å². The molecule has 2 aromatic carbocycles. The topological polar surface area (TPSA) is 60.7 Å². The third-order valence-electron chi connectivity index (χ3n) is 2.22. The Labute approximate surface area is 81.3 Å². The molecule has 0 aromatic heterocycles. The van der Waals surface area contributed by atoms with Gasteiger partial charge in [0.25, 0.3) is 0 Å². The highest BCUT2D eigenvalue weighted by Crippen LogP contribution is 2.11. The van der Waals surface area contributed by atoms with Crippen molar-refractivity contribution in [1.82, 2.24) is 0 Å². The molecule has 0 aliphatic rings. The minimum absolute atomic E-state index is 0.128. The third-order valence-corrected chi connectivity index (χ3v) is 2.22. The Bertz CT molecular complexity index is 462. The zero-order valence-electron chi connectivity index (χ0n) is 7.46. The van der Waals surface area contributed by atoms with E-state index in [0.717, 1.165) is 10.8 Å². The lowest BCUT2D eigenvalue weighted by Gasteiger charge is -2.21. The largest absolute Gasteiger partial charge is 0.556 e. The van der Waals surface area contributed by atoms with Crippen LogP contribution >= 0.6 is 0 Å². The van der Waals surface area contributed by atoms with Gasteiger partial charge in [-0.05, 0) is 10.8 Å². The molecule has 0 bridgehead atoms. The van der Waals surface area contributed by atoms with Gasteiger partial charge in [-0.3, -0.25) is 0 Å². The number of fused-ring (bicyclic) bond motifs is 1. The fourth-order valence-electron chi connectivity index (χ4n) is 1.45. The van der Waals surface area contributed by atoms with Gasteiger partial charge >= 0.3 is 6.75 Å². The van der Waals surface area contributed by atoms with Gasteiger partial charge in [-0.1, -0.05) is 42.5 Å². The van der Waals surface area contributed by atoms with Crippen molar-refractivity contribution in [3.8, 4) is 0 Å². The van der Waals surface area contributed by atoms with E-state index >= 15 is 0 Å². The molecule has 0 aliphatic heterocycles. The third kappa shape index (κ3) is 1.63. The molecule has 0 amide bonds. The SMILES string of the molecule is O[B-](O)(O)c1ccc2ccccc2c1. The summed E-state index contributed by atoms with van der Waals surface area (Å²) in [7, 11) is 0. The van der Waals surface area contributed by atoms with Crippen LogP contribution in [0.1, 0.15) is 0 Å². The van der Waals surface area contributed by atoms with E-state index in [-0.39, 0.29) is 5.46 Å². The number of rotatable bonds is 1. The van der Waals surface area contributed by atoms with E-state index in [1.807, 2.05) is 24.3 Å². The summed E-state index contributed by atoms with van der Waals surface area (Å²) in [6.07, 6.45) is 0. The predicted octanol–water partition coefficient (Wildman–Crippen LogP) is -0.0374. The summed E-state index contributed by atoms with van der Waals surface area (Å²) in [5.41, 5.74) is 0.128. The van der Waals surface area contributed by atoms with Crippen LogP contribution in [0.15, 0.2) is 42.5 Å². The molecule has 0 saturated heterocycles. The van der Waals surface area contributed by atoms with Crippen LogP contribution in [0.5, 0.6) is 0 Å². The maximum Gasteiger partial charge on any atom is 0.402 e. The molecule has 0 radical (unpaired) electrons. The van der Waals surface area contributed by atoms with Crippen LogP contribution in [0.3, 0.4) is 0 Å². The maximum atomic E-state index is 9.02. The van der Waals surface area contributed by atoms with E-state index in [2.05, 4.69) is 0 Å². The van der Waals surface area contributed by atoms with Crippen molar-refractivity contribution in [3.63, 3.8) is 0 Å². The molecule has 4 heteroatoms. The standard InChI is InChI=1S/C10H10BO3/c12-11(13,14)10-6-5-8-3-1-2-4-9(8)7-10/h1-7,12-14H/q-1. The average Bonchev–Trinajstić information content (AvgIpc) is 2.16. The highest BCUT2D eigenvalue weighted by atomic mass is 16.5. The van der Waals surface area contributed by atoms with Gasteiger partial charge in [0, 0.05) is 0 Å². The minimum Gasteiger partial charge on any atom is -0.556 e. The van der Waals surface area contributed by atoms with Crippen molar-refractivity contribution in [2.24, 2.45) is 0 Å². The molecule has 0 fully saturated rings. The minimum atomic E-state index is -3.39. The van der Waals surface area contributed by atoms with E-state index < -0.39 is 6.75 Å². The van der Waals surface area contributed by atoms with Gasteiger partial charge in [0.05, 0.1) is 0 Å². The van der Waals surface area contributed by atoms with Crippen molar-refractivity contribution in [3.05, 3.63) is 42.5 Å². The molecule has 2 aromatic rings. The maximum absolute atomic E-state index is 9.02. The van der Waals surface area contributed by atoms with Crippen molar-refractivity contribution in [2.45, 2.75) is 0 Å². The molecule has 3 nitrogen and oxygen atoms in total. The van der Waals surface area contributed by atoms with Crippen LogP contribution in [0.25, 0.3) is 10.8 Å². The lowest BCUT2D eigenvalue weighted by Crippen LogP contribution is -2.48. The van der Waals surface area contributed by atoms with Crippen molar-refractivity contribution in [2.75, 3.05) is 0 Å². The Morgan fingerprint density at radius 2 is 1.43 bits per heavy atom. The predicted molar refractivity (Wildman–Crippen MR) is 56.0 cm³/mol. The van der Waals surface area contributed by atoms with Crippen LogP contribution in [0.2, 0.25) is 0 Å². The highest BCUT2D eigenvalue weighted by Gasteiger charge is 2.17. The molecule has 0 spiro atoms. The molecule has 0 saturated carbocycles. The first-order chi connectivity index (χ1) is 6.57. The molecule has 0 unspecified atom stereocenters. The Morgan fingerprint density at radius 3 is 2.07 bits per heavy atom. The van der Waals surface area contributed by atoms with E-state index in [4.69, 9.17) is 15.1 Å². The molecule has 2 rings (SSSR count). The molecule has 14 heavy (non-hydrogen) atoms. The monoisotopic (exact) mass is 189 g/mol. The first-order valence-electron chi connectivity index (χ1n) is 4.38.